The number of aromatic nitrogens is 3. The average molecular weight is 308 g/mol. The lowest BCUT2D eigenvalue weighted by Crippen LogP contribution is -2.30. The highest BCUT2D eigenvalue weighted by Crippen LogP contribution is 2.24. The number of nitrogens with zero attached hydrogens (tertiary/aromatic N) is 4. The largest absolute Gasteiger partial charge is 0.361 e. The van der Waals surface area contributed by atoms with Crippen molar-refractivity contribution in [3.05, 3.63) is 71.1 Å². The van der Waals surface area contributed by atoms with Crippen molar-refractivity contribution in [1.82, 2.24) is 19.6 Å². The maximum Gasteiger partial charge on any atom is 0.142 e. The van der Waals surface area contributed by atoms with Crippen molar-refractivity contribution in [2.45, 2.75) is 33.0 Å². The van der Waals surface area contributed by atoms with Crippen molar-refractivity contribution < 1.29 is 4.52 Å². The summed E-state index contributed by atoms with van der Waals surface area (Å²) in [4.78, 5) is 7.03. The zero-order valence-electron chi connectivity index (χ0n) is 13.3. The van der Waals surface area contributed by atoms with Gasteiger partial charge >= 0.3 is 0 Å². The molecule has 4 rings (SSSR count). The lowest BCUT2D eigenvalue weighted by atomic mass is 10.1. The first kappa shape index (κ1) is 14.2. The van der Waals surface area contributed by atoms with Crippen molar-refractivity contribution in [2.24, 2.45) is 0 Å². The molecule has 0 aromatic carbocycles. The van der Waals surface area contributed by atoms with Crippen molar-refractivity contribution in [1.29, 1.82) is 0 Å². The van der Waals surface area contributed by atoms with Gasteiger partial charge in [-0.2, -0.15) is 0 Å². The number of pyridine rings is 1. The van der Waals surface area contributed by atoms with Gasteiger partial charge in [-0.1, -0.05) is 11.2 Å². The monoisotopic (exact) mass is 308 g/mol. The summed E-state index contributed by atoms with van der Waals surface area (Å²) in [5, 5.41) is 4.29. The van der Waals surface area contributed by atoms with E-state index in [1.54, 1.807) is 0 Å². The van der Waals surface area contributed by atoms with Gasteiger partial charge in [0.1, 0.15) is 11.5 Å². The Balaban J connectivity index is 1.50. The summed E-state index contributed by atoms with van der Waals surface area (Å²) in [6, 6.07) is 10.3. The van der Waals surface area contributed by atoms with E-state index in [1.807, 2.05) is 25.1 Å². The molecule has 0 atom stereocenters. The topological polar surface area (TPSA) is 47.1 Å². The van der Waals surface area contributed by atoms with Crippen LogP contribution in [0.25, 0.3) is 0 Å². The van der Waals surface area contributed by atoms with E-state index in [0.717, 1.165) is 55.4 Å². The van der Waals surface area contributed by atoms with Crippen LogP contribution in [0, 0.1) is 6.92 Å². The van der Waals surface area contributed by atoms with Crippen LogP contribution in [0.5, 0.6) is 0 Å². The van der Waals surface area contributed by atoms with E-state index in [4.69, 9.17) is 4.52 Å². The summed E-state index contributed by atoms with van der Waals surface area (Å²) in [6.45, 7) is 5.54. The van der Waals surface area contributed by atoms with Crippen LogP contribution in [0.2, 0.25) is 0 Å². The molecule has 23 heavy (non-hydrogen) atoms. The van der Waals surface area contributed by atoms with Gasteiger partial charge in [0.15, 0.2) is 0 Å². The minimum atomic E-state index is 0.766. The first-order valence-corrected chi connectivity index (χ1v) is 8.00. The van der Waals surface area contributed by atoms with Crippen molar-refractivity contribution in [3.8, 4) is 0 Å². The molecule has 1 aliphatic rings. The minimum absolute atomic E-state index is 0.766. The van der Waals surface area contributed by atoms with Crippen LogP contribution >= 0.6 is 0 Å². The van der Waals surface area contributed by atoms with Gasteiger partial charge < -0.3 is 9.09 Å². The molecule has 5 nitrogen and oxygen atoms in total. The molecule has 3 aromatic rings. The van der Waals surface area contributed by atoms with Crippen molar-refractivity contribution >= 4 is 0 Å². The number of hydrogen-bond acceptors (Lipinski definition) is 4. The van der Waals surface area contributed by atoms with Crippen molar-refractivity contribution in [2.75, 3.05) is 6.54 Å². The Labute approximate surface area is 135 Å². The Morgan fingerprint density at radius 3 is 2.83 bits per heavy atom. The van der Waals surface area contributed by atoms with Gasteiger partial charge in [-0.15, -0.1) is 0 Å². The molecule has 0 saturated heterocycles. The molecule has 0 fully saturated rings. The highest BCUT2D eigenvalue weighted by Gasteiger charge is 2.24. The third-order valence-corrected chi connectivity index (χ3v) is 4.32. The fourth-order valence-corrected chi connectivity index (χ4v) is 3.14. The second-order valence-electron chi connectivity index (χ2n) is 6.12. The quantitative estimate of drug-likeness (QED) is 0.743. The molecule has 0 aliphatic carbocycles. The van der Waals surface area contributed by atoms with Gasteiger partial charge in [0.05, 0.1) is 12.2 Å². The predicted molar refractivity (Wildman–Crippen MR) is 86.8 cm³/mol. The van der Waals surface area contributed by atoms with E-state index in [0.29, 0.717) is 0 Å². The molecule has 1 aliphatic heterocycles. The molecular weight excluding hydrogens is 288 g/mol. The van der Waals surface area contributed by atoms with Gasteiger partial charge in [-0.05, 0) is 31.2 Å². The van der Waals surface area contributed by atoms with Gasteiger partial charge in [-0.25, -0.2) is 0 Å². The van der Waals surface area contributed by atoms with E-state index in [1.165, 1.54) is 5.56 Å². The minimum Gasteiger partial charge on any atom is -0.361 e. The maximum absolute atomic E-state index is 5.55. The molecule has 4 heterocycles. The standard InChI is InChI=1S/C18H20N4O/c1-14-5-4-6-15(19-14)11-22-10-7-18-16(12-22)17(20-23-18)13-21-8-2-3-9-21/h2-6,8-9H,7,10-13H2,1H3. The maximum atomic E-state index is 5.55. The fraction of sp³-hybridized carbons (Fsp3) is 0.333. The summed E-state index contributed by atoms with van der Waals surface area (Å²) in [7, 11) is 0. The van der Waals surface area contributed by atoms with E-state index in [-0.39, 0.29) is 0 Å². The Bertz CT molecular complexity index is 791. The molecule has 118 valence electrons. The Morgan fingerprint density at radius 2 is 2.00 bits per heavy atom. The summed E-state index contributed by atoms with van der Waals surface area (Å²) >= 11 is 0. The van der Waals surface area contributed by atoms with Gasteiger partial charge in [0.25, 0.3) is 0 Å². The Kier molecular flexibility index (Phi) is 3.71. The molecule has 0 spiro atoms. The van der Waals surface area contributed by atoms with E-state index in [2.05, 4.69) is 44.1 Å². The van der Waals surface area contributed by atoms with Crippen LogP contribution < -0.4 is 0 Å². The van der Waals surface area contributed by atoms with Crippen LogP contribution in [0.15, 0.2) is 47.2 Å². The Hall–Kier alpha value is -2.40. The van der Waals surface area contributed by atoms with Gasteiger partial charge in [-0.3, -0.25) is 9.88 Å². The lowest BCUT2D eigenvalue weighted by Gasteiger charge is -2.25. The zero-order chi connectivity index (χ0) is 15.6. The predicted octanol–water partition coefficient (Wildman–Crippen LogP) is 2.79. The lowest BCUT2D eigenvalue weighted by molar-refractivity contribution is 0.226. The van der Waals surface area contributed by atoms with Crippen LogP contribution in [0.4, 0.5) is 0 Å². The third-order valence-electron chi connectivity index (χ3n) is 4.32. The first-order chi connectivity index (χ1) is 11.3. The molecule has 5 heteroatoms. The van der Waals surface area contributed by atoms with E-state index >= 15 is 0 Å². The second kappa shape index (κ2) is 6.01. The van der Waals surface area contributed by atoms with Gasteiger partial charge in [0.2, 0.25) is 0 Å². The van der Waals surface area contributed by atoms with Crippen LogP contribution in [-0.2, 0) is 26.1 Å². The Morgan fingerprint density at radius 1 is 1.13 bits per heavy atom. The number of fused-ring (bicyclic) bond motifs is 1. The molecule has 0 bridgehead atoms. The highest BCUT2D eigenvalue weighted by molar-refractivity contribution is 5.26. The fourth-order valence-electron chi connectivity index (χ4n) is 3.14. The van der Waals surface area contributed by atoms with Crippen LogP contribution in [0.1, 0.15) is 28.4 Å². The normalized spacial score (nSPS) is 14.8. The van der Waals surface area contributed by atoms with Crippen LogP contribution in [0.3, 0.4) is 0 Å². The molecule has 0 saturated carbocycles. The number of aryl methyl sites for hydroxylation is 1. The van der Waals surface area contributed by atoms with Gasteiger partial charge in [0, 0.05) is 49.7 Å². The average Bonchev–Trinajstić information content (AvgIpc) is 3.18. The smallest absolute Gasteiger partial charge is 0.142 e. The summed E-state index contributed by atoms with van der Waals surface area (Å²) in [5.74, 6) is 1.04. The highest BCUT2D eigenvalue weighted by atomic mass is 16.5. The second-order valence-corrected chi connectivity index (χ2v) is 6.12. The van der Waals surface area contributed by atoms with E-state index < -0.39 is 0 Å². The van der Waals surface area contributed by atoms with Crippen molar-refractivity contribution in [3.63, 3.8) is 0 Å². The molecule has 3 aromatic heterocycles. The molecule has 0 N–H and O–H groups in total. The third kappa shape index (κ3) is 3.05. The zero-order valence-corrected chi connectivity index (χ0v) is 13.3. The molecule has 0 amide bonds. The molecular formula is C18H20N4O. The summed E-state index contributed by atoms with van der Waals surface area (Å²) in [5.41, 5.74) is 4.48. The molecule has 0 radical (unpaired) electrons. The SMILES string of the molecule is Cc1cccc(CN2CCc3onc(Cn4cccc4)c3C2)n1. The van der Waals surface area contributed by atoms with Crippen LogP contribution in [-0.4, -0.2) is 26.2 Å². The first-order valence-electron chi connectivity index (χ1n) is 8.00. The number of hydrogen-bond donors (Lipinski definition) is 0. The molecule has 0 unspecified atom stereocenters. The summed E-state index contributed by atoms with van der Waals surface area (Å²) < 4.78 is 7.67. The van der Waals surface area contributed by atoms with E-state index in [9.17, 15) is 0 Å². The number of rotatable bonds is 4. The summed E-state index contributed by atoms with van der Waals surface area (Å²) in [6.07, 6.45) is 5.02.